The van der Waals surface area contributed by atoms with Gasteiger partial charge in [0.25, 0.3) is 0 Å². The van der Waals surface area contributed by atoms with Gasteiger partial charge in [-0.2, -0.15) is 0 Å². The van der Waals surface area contributed by atoms with E-state index in [1.807, 2.05) is 0 Å². The Kier molecular flexibility index (Phi) is 28.4. The quantitative estimate of drug-likeness (QED) is 0.0183. The highest BCUT2D eigenvalue weighted by atomic mass is 31.2. The van der Waals surface area contributed by atoms with E-state index in [2.05, 4.69) is 25.3 Å². The number of rotatable bonds is 33. The molecule has 0 aliphatic heterocycles. The minimum absolute atomic E-state index is 0.120. The molecule has 1 rings (SSSR count). The van der Waals surface area contributed by atoms with E-state index in [-0.39, 0.29) is 31.1 Å². The van der Waals surface area contributed by atoms with Gasteiger partial charge in [0, 0.05) is 18.8 Å². The Morgan fingerprint density at radius 1 is 0.796 bits per heavy atom. The second-order valence-corrected chi connectivity index (χ2v) is 16.6. The number of unbranched alkanes of at least 4 members (excludes halogenated alkanes) is 11. The molecule has 0 aromatic rings. The van der Waals surface area contributed by atoms with Crippen molar-refractivity contribution < 1.29 is 63.1 Å². The van der Waals surface area contributed by atoms with Crippen LogP contribution in [0.15, 0.2) is 24.3 Å². The van der Waals surface area contributed by atoms with Crippen LogP contribution >= 0.6 is 7.82 Å². The molecule has 0 spiro atoms. The van der Waals surface area contributed by atoms with E-state index in [4.69, 9.17) is 19.1 Å². The van der Waals surface area contributed by atoms with Gasteiger partial charge < -0.3 is 39.9 Å². The molecule has 0 aromatic carbocycles. The molecule has 0 heterocycles. The lowest BCUT2D eigenvalue weighted by Crippen LogP contribution is -2.29. The molecule has 0 radical (unpaired) electrons. The summed E-state index contributed by atoms with van der Waals surface area (Å²) in [5.74, 6) is -1.10. The summed E-state index contributed by atoms with van der Waals surface area (Å²) in [5.41, 5.74) is 0. The van der Waals surface area contributed by atoms with Crippen LogP contribution < -0.4 is 0 Å². The van der Waals surface area contributed by atoms with Crippen molar-refractivity contribution in [2.75, 3.05) is 26.4 Å². The van der Waals surface area contributed by atoms with E-state index in [1.165, 1.54) is 44.9 Å². The number of carbonyl (C=O) groups is 2. The van der Waals surface area contributed by atoms with Crippen LogP contribution in [0.3, 0.4) is 0 Å². The van der Waals surface area contributed by atoms with E-state index in [9.17, 15) is 39.5 Å². The van der Waals surface area contributed by atoms with Crippen LogP contribution in [0.5, 0.6) is 0 Å². The molecule has 0 bridgehead atoms. The first-order valence-electron chi connectivity index (χ1n) is 20.4. The van der Waals surface area contributed by atoms with E-state index >= 15 is 0 Å². The van der Waals surface area contributed by atoms with Crippen LogP contribution in [0.25, 0.3) is 0 Å². The van der Waals surface area contributed by atoms with Gasteiger partial charge in [-0.25, -0.2) is 4.57 Å². The first-order valence-corrected chi connectivity index (χ1v) is 21.9. The molecule has 1 aliphatic rings. The molecule has 8 atom stereocenters. The third-order valence-electron chi connectivity index (χ3n) is 9.64. The zero-order valence-corrected chi connectivity index (χ0v) is 34.1. The summed E-state index contributed by atoms with van der Waals surface area (Å²) in [5, 5.41) is 49.6. The van der Waals surface area contributed by atoms with E-state index in [0.29, 0.717) is 19.3 Å². The van der Waals surface area contributed by atoms with Crippen LogP contribution in [0.4, 0.5) is 0 Å². The number of phosphoric ester groups is 1. The number of hydrogen-bond acceptors (Lipinski definition) is 12. The summed E-state index contributed by atoms with van der Waals surface area (Å²) in [6.07, 6.45) is 18.6. The van der Waals surface area contributed by atoms with Gasteiger partial charge in [-0.3, -0.25) is 18.6 Å². The number of aliphatic hydroxyl groups excluding tert-OH is 5. The van der Waals surface area contributed by atoms with Crippen molar-refractivity contribution in [2.45, 2.75) is 173 Å². The maximum atomic E-state index is 12.6. The van der Waals surface area contributed by atoms with Crippen molar-refractivity contribution in [3.63, 3.8) is 0 Å². The minimum Gasteiger partial charge on any atom is -0.461 e. The standard InChI is InChI=1S/C40H73O13P/c1-4-5-14-20-32(42)24-25-36-35(37(44)26-38(36)45)21-17-18-22-39(46)50-29-34(30-52-54(48,49)51-28-33(43)27-41)53-40(47)23-16-13-11-9-7-6-8-10-12-15-19-31(2)3/h17-18,24-25,31-38,41-45H,4-16,19-23,26-30H2,1-3H3,(H,48,49)/b18-17-,25-24+/t32-,33+,34-,35+,36-,37+,38-/m1/s1. The normalized spacial score (nSPS) is 21.8. The van der Waals surface area contributed by atoms with Crippen LogP contribution in [-0.2, 0) is 32.7 Å². The molecule has 54 heavy (non-hydrogen) atoms. The van der Waals surface area contributed by atoms with Gasteiger partial charge in [0.1, 0.15) is 12.7 Å². The lowest BCUT2D eigenvalue weighted by molar-refractivity contribution is -0.160. The van der Waals surface area contributed by atoms with Crippen molar-refractivity contribution in [1.82, 2.24) is 0 Å². The van der Waals surface area contributed by atoms with E-state index in [0.717, 1.165) is 44.4 Å². The highest BCUT2D eigenvalue weighted by Crippen LogP contribution is 2.43. The Labute approximate surface area is 324 Å². The average Bonchev–Trinajstić information content (AvgIpc) is 3.40. The lowest BCUT2D eigenvalue weighted by Gasteiger charge is -2.20. The van der Waals surface area contributed by atoms with Gasteiger partial charge in [0.05, 0.1) is 44.6 Å². The number of carbonyl (C=O) groups excluding carboxylic acids is 2. The van der Waals surface area contributed by atoms with Crippen LogP contribution in [0, 0.1) is 17.8 Å². The molecule has 14 heteroatoms. The summed E-state index contributed by atoms with van der Waals surface area (Å²) in [4.78, 5) is 35.1. The molecular formula is C40H73O13P. The lowest BCUT2D eigenvalue weighted by atomic mass is 9.89. The Balaban J connectivity index is 2.56. The highest BCUT2D eigenvalue weighted by molar-refractivity contribution is 7.47. The molecule has 1 fully saturated rings. The molecule has 6 N–H and O–H groups in total. The average molecular weight is 793 g/mol. The van der Waals surface area contributed by atoms with Crippen molar-refractivity contribution in [3.8, 4) is 0 Å². The smallest absolute Gasteiger partial charge is 0.461 e. The van der Waals surface area contributed by atoms with Crippen LogP contribution in [0.2, 0.25) is 0 Å². The summed E-state index contributed by atoms with van der Waals surface area (Å²) in [6.45, 7) is 4.18. The molecule has 0 saturated heterocycles. The topological polar surface area (TPSA) is 210 Å². The fourth-order valence-corrected chi connectivity index (χ4v) is 7.17. The predicted molar refractivity (Wildman–Crippen MR) is 207 cm³/mol. The first-order chi connectivity index (χ1) is 25.8. The fourth-order valence-electron chi connectivity index (χ4n) is 6.39. The third kappa shape index (κ3) is 25.5. The molecule has 0 amide bonds. The number of aliphatic hydroxyl groups is 5. The molecular weight excluding hydrogens is 719 g/mol. The number of hydrogen-bond donors (Lipinski definition) is 6. The van der Waals surface area contributed by atoms with Crippen molar-refractivity contribution >= 4 is 19.8 Å². The number of allylic oxidation sites excluding steroid dienone is 1. The molecule has 316 valence electrons. The van der Waals surface area contributed by atoms with Gasteiger partial charge in [0.2, 0.25) is 0 Å². The second kappa shape index (κ2) is 30.5. The second-order valence-electron chi connectivity index (χ2n) is 15.1. The maximum Gasteiger partial charge on any atom is 0.472 e. The Bertz CT molecular complexity index is 1080. The molecule has 1 saturated carbocycles. The summed E-state index contributed by atoms with van der Waals surface area (Å²) < 4.78 is 32.6. The molecule has 1 aliphatic carbocycles. The third-order valence-corrected chi connectivity index (χ3v) is 10.6. The maximum absolute atomic E-state index is 12.6. The molecule has 1 unspecified atom stereocenters. The number of esters is 2. The fraction of sp³-hybridized carbons (Fsp3) is 0.850. The highest BCUT2D eigenvalue weighted by Gasteiger charge is 2.39. The van der Waals surface area contributed by atoms with Crippen molar-refractivity contribution in [3.05, 3.63) is 24.3 Å². The summed E-state index contributed by atoms with van der Waals surface area (Å²) >= 11 is 0. The van der Waals surface area contributed by atoms with Crippen molar-refractivity contribution in [2.24, 2.45) is 17.8 Å². The first kappa shape index (κ1) is 50.3. The zero-order valence-electron chi connectivity index (χ0n) is 33.2. The zero-order chi connectivity index (χ0) is 40.2. The van der Waals surface area contributed by atoms with Gasteiger partial charge in [-0.05, 0) is 31.1 Å². The van der Waals surface area contributed by atoms with Crippen LogP contribution in [-0.4, -0.2) is 99.3 Å². The number of phosphoric acid groups is 1. The Morgan fingerprint density at radius 2 is 1.41 bits per heavy atom. The largest absolute Gasteiger partial charge is 0.472 e. The van der Waals surface area contributed by atoms with Gasteiger partial charge >= 0.3 is 19.8 Å². The van der Waals surface area contributed by atoms with Gasteiger partial charge in [-0.1, -0.05) is 129 Å². The van der Waals surface area contributed by atoms with E-state index < -0.39 is 76.7 Å². The van der Waals surface area contributed by atoms with Gasteiger partial charge in [0.15, 0.2) is 6.10 Å². The SMILES string of the molecule is CCCCC[C@@H](O)/C=C/[C@@H]1[C@H](C/C=C\CC(=O)OC[C@H](COP(=O)(O)OC[C@@H](O)CO)OC(=O)CCCCCCCCCCCCC(C)C)[C@@H](O)C[C@H]1O. The monoisotopic (exact) mass is 792 g/mol. The Hall–Kier alpha value is -1.67. The van der Waals surface area contributed by atoms with Gasteiger partial charge in [-0.15, -0.1) is 0 Å². The van der Waals surface area contributed by atoms with Crippen molar-refractivity contribution in [1.29, 1.82) is 0 Å². The summed E-state index contributed by atoms with van der Waals surface area (Å²) in [7, 11) is -4.69. The van der Waals surface area contributed by atoms with Crippen LogP contribution in [0.1, 0.15) is 143 Å². The number of ether oxygens (including phenoxy) is 2. The molecule has 13 nitrogen and oxygen atoms in total. The van der Waals surface area contributed by atoms with E-state index in [1.54, 1.807) is 24.3 Å². The summed E-state index contributed by atoms with van der Waals surface area (Å²) in [6, 6.07) is 0. The minimum atomic E-state index is -4.69. The predicted octanol–water partition coefficient (Wildman–Crippen LogP) is 6.46. The molecule has 0 aromatic heterocycles. The Morgan fingerprint density at radius 3 is 2.04 bits per heavy atom.